The van der Waals surface area contributed by atoms with E-state index in [-0.39, 0.29) is 0 Å². The van der Waals surface area contributed by atoms with Gasteiger partial charge in [-0.05, 0) is 67.9 Å². The summed E-state index contributed by atoms with van der Waals surface area (Å²) in [5.74, 6) is 0.922. The Balaban J connectivity index is 1.46. The van der Waals surface area contributed by atoms with Crippen LogP contribution in [0, 0.1) is 11.3 Å². The average molecular weight is 292 g/mol. The molecule has 0 bridgehead atoms. The molecule has 1 heterocycles. The zero-order valence-electron chi connectivity index (χ0n) is 13.3. The second kappa shape index (κ2) is 5.81. The van der Waals surface area contributed by atoms with Crippen LogP contribution in [0.2, 0.25) is 0 Å². The minimum atomic E-state index is 0.500. The molecular weight excluding hydrogens is 262 g/mol. The normalized spacial score (nSPS) is 26.8. The van der Waals surface area contributed by atoms with Crippen molar-refractivity contribution < 1.29 is 0 Å². The summed E-state index contributed by atoms with van der Waals surface area (Å²) in [6, 6.07) is 3.21. The second-order valence-corrected chi connectivity index (χ2v) is 9.03. The van der Waals surface area contributed by atoms with Gasteiger partial charge in [0.1, 0.15) is 0 Å². The Morgan fingerprint density at radius 3 is 2.55 bits per heavy atom. The molecule has 1 saturated carbocycles. The molecule has 2 heteroatoms. The van der Waals surface area contributed by atoms with Gasteiger partial charge in [-0.1, -0.05) is 20.8 Å². The summed E-state index contributed by atoms with van der Waals surface area (Å²) < 4.78 is 0. The van der Waals surface area contributed by atoms with Gasteiger partial charge in [-0.3, -0.25) is 0 Å². The van der Waals surface area contributed by atoms with Crippen LogP contribution in [0.1, 0.15) is 68.2 Å². The van der Waals surface area contributed by atoms with E-state index in [1.807, 2.05) is 0 Å². The van der Waals surface area contributed by atoms with E-state index in [9.17, 15) is 0 Å². The summed E-state index contributed by atoms with van der Waals surface area (Å²) in [4.78, 5) is 3.23. The van der Waals surface area contributed by atoms with Crippen molar-refractivity contribution in [2.45, 2.75) is 78.3 Å². The van der Waals surface area contributed by atoms with Crippen LogP contribution in [0.15, 0.2) is 6.07 Å². The lowest BCUT2D eigenvalue weighted by Crippen LogP contribution is -2.35. The maximum Gasteiger partial charge on any atom is 0.0302 e. The molecule has 0 unspecified atom stereocenters. The lowest BCUT2D eigenvalue weighted by Gasteiger charge is -2.37. The highest BCUT2D eigenvalue weighted by Crippen LogP contribution is 2.38. The fourth-order valence-corrected chi connectivity index (χ4v) is 5.10. The van der Waals surface area contributed by atoms with Crippen molar-refractivity contribution in [3.05, 3.63) is 21.4 Å². The molecule has 1 fully saturated rings. The molecule has 3 rings (SSSR count). The first-order valence-electron chi connectivity index (χ1n) is 8.36. The number of fused-ring (bicyclic) bond motifs is 1. The Morgan fingerprint density at radius 1 is 1.15 bits per heavy atom. The van der Waals surface area contributed by atoms with Crippen molar-refractivity contribution in [2.24, 2.45) is 11.3 Å². The topological polar surface area (TPSA) is 12.0 Å². The number of hydrogen-bond donors (Lipinski definition) is 1. The molecular formula is C18H29NS. The third-order valence-electron chi connectivity index (χ3n) is 5.31. The van der Waals surface area contributed by atoms with Crippen LogP contribution in [-0.4, -0.2) is 6.04 Å². The molecule has 2 aliphatic rings. The van der Waals surface area contributed by atoms with E-state index >= 15 is 0 Å². The monoisotopic (exact) mass is 291 g/mol. The first-order chi connectivity index (χ1) is 9.52. The SMILES string of the molecule is CC(C)(C)C1CCC(NCc2cc3c(s2)CCC3)CC1. The average Bonchev–Trinajstić information content (AvgIpc) is 2.96. The summed E-state index contributed by atoms with van der Waals surface area (Å²) in [6.45, 7) is 8.30. The molecule has 0 spiro atoms. The molecule has 112 valence electrons. The number of thiophene rings is 1. The van der Waals surface area contributed by atoms with Gasteiger partial charge in [0, 0.05) is 22.3 Å². The highest BCUT2D eigenvalue weighted by molar-refractivity contribution is 7.12. The molecule has 0 radical (unpaired) electrons. The standard InChI is InChI=1S/C18H29NS/c1-18(2,3)14-7-9-15(10-8-14)19-12-16-11-13-5-4-6-17(13)20-16/h11,14-15,19H,4-10,12H2,1-3H3. The first kappa shape index (κ1) is 14.6. The van der Waals surface area contributed by atoms with Gasteiger partial charge in [0.15, 0.2) is 0 Å². The van der Waals surface area contributed by atoms with Crippen LogP contribution in [0.4, 0.5) is 0 Å². The van der Waals surface area contributed by atoms with E-state index in [1.54, 1.807) is 15.3 Å². The number of aryl methyl sites for hydroxylation is 2. The maximum absolute atomic E-state index is 3.81. The zero-order valence-corrected chi connectivity index (χ0v) is 14.1. The minimum Gasteiger partial charge on any atom is -0.309 e. The highest BCUT2D eigenvalue weighted by Gasteiger charge is 2.29. The van der Waals surface area contributed by atoms with E-state index in [4.69, 9.17) is 0 Å². The van der Waals surface area contributed by atoms with E-state index in [2.05, 4.69) is 43.5 Å². The van der Waals surface area contributed by atoms with Crippen molar-refractivity contribution in [3.63, 3.8) is 0 Å². The smallest absolute Gasteiger partial charge is 0.0302 e. The van der Waals surface area contributed by atoms with Crippen molar-refractivity contribution in [2.75, 3.05) is 0 Å². The highest BCUT2D eigenvalue weighted by atomic mass is 32.1. The number of hydrogen-bond acceptors (Lipinski definition) is 2. The molecule has 0 aliphatic heterocycles. The first-order valence-corrected chi connectivity index (χ1v) is 9.18. The molecule has 0 amide bonds. The van der Waals surface area contributed by atoms with Gasteiger partial charge in [0.25, 0.3) is 0 Å². The molecule has 1 N–H and O–H groups in total. The molecule has 1 aromatic heterocycles. The van der Waals surface area contributed by atoms with Gasteiger partial charge < -0.3 is 5.32 Å². The molecule has 20 heavy (non-hydrogen) atoms. The summed E-state index contributed by atoms with van der Waals surface area (Å²) in [7, 11) is 0. The number of rotatable bonds is 3. The molecule has 1 aromatic rings. The van der Waals surface area contributed by atoms with Crippen molar-refractivity contribution in [1.29, 1.82) is 0 Å². The van der Waals surface area contributed by atoms with Crippen molar-refractivity contribution in [3.8, 4) is 0 Å². The maximum atomic E-state index is 3.81. The van der Waals surface area contributed by atoms with Crippen LogP contribution in [0.5, 0.6) is 0 Å². The third-order valence-corrected chi connectivity index (χ3v) is 6.55. The van der Waals surface area contributed by atoms with Gasteiger partial charge >= 0.3 is 0 Å². The van der Waals surface area contributed by atoms with E-state index in [0.29, 0.717) is 5.41 Å². The summed E-state index contributed by atoms with van der Waals surface area (Å²) in [6.07, 6.45) is 9.58. The Labute approximate surface area is 128 Å². The van der Waals surface area contributed by atoms with E-state index in [1.165, 1.54) is 44.9 Å². The molecule has 1 nitrogen and oxygen atoms in total. The lowest BCUT2D eigenvalue weighted by atomic mass is 9.71. The summed E-state index contributed by atoms with van der Waals surface area (Å²) in [5.41, 5.74) is 2.14. The van der Waals surface area contributed by atoms with Gasteiger partial charge in [-0.2, -0.15) is 0 Å². The van der Waals surface area contributed by atoms with Gasteiger partial charge in [-0.15, -0.1) is 11.3 Å². The van der Waals surface area contributed by atoms with Crippen LogP contribution < -0.4 is 5.32 Å². The second-order valence-electron chi connectivity index (χ2n) is 7.81. The van der Waals surface area contributed by atoms with Gasteiger partial charge in [-0.25, -0.2) is 0 Å². The molecule has 0 atom stereocenters. The van der Waals surface area contributed by atoms with Gasteiger partial charge in [0.2, 0.25) is 0 Å². The molecule has 0 saturated heterocycles. The fraction of sp³-hybridized carbons (Fsp3) is 0.778. The van der Waals surface area contributed by atoms with Crippen LogP contribution in [0.3, 0.4) is 0 Å². The van der Waals surface area contributed by atoms with Crippen LogP contribution >= 0.6 is 11.3 Å². The third kappa shape index (κ3) is 3.28. The molecule has 2 aliphatic carbocycles. The summed E-state index contributed by atoms with van der Waals surface area (Å²) >= 11 is 2.05. The van der Waals surface area contributed by atoms with Crippen molar-refractivity contribution >= 4 is 11.3 Å². The lowest BCUT2D eigenvalue weighted by molar-refractivity contribution is 0.160. The molecule has 0 aromatic carbocycles. The quantitative estimate of drug-likeness (QED) is 0.832. The van der Waals surface area contributed by atoms with Crippen LogP contribution in [0.25, 0.3) is 0 Å². The predicted molar refractivity (Wildman–Crippen MR) is 88.4 cm³/mol. The fourth-order valence-electron chi connectivity index (χ4n) is 3.89. The predicted octanol–water partition coefficient (Wildman–Crippen LogP) is 4.93. The van der Waals surface area contributed by atoms with E-state index in [0.717, 1.165) is 18.5 Å². The summed E-state index contributed by atoms with van der Waals surface area (Å²) in [5, 5.41) is 3.81. The van der Waals surface area contributed by atoms with E-state index < -0.39 is 0 Å². The largest absolute Gasteiger partial charge is 0.309 e. The Morgan fingerprint density at radius 2 is 1.90 bits per heavy atom. The minimum absolute atomic E-state index is 0.500. The Hall–Kier alpha value is -0.340. The number of nitrogens with one attached hydrogen (secondary N) is 1. The van der Waals surface area contributed by atoms with Crippen LogP contribution in [-0.2, 0) is 19.4 Å². The Kier molecular flexibility index (Phi) is 4.24. The van der Waals surface area contributed by atoms with Gasteiger partial charge in [0.05, 0.1) is 0 Å². The zero-order chi connectivity index (χ0) is 14.2. The van der Waals surface area contributed by atoms with Crippen molar-refractivity contribution in [1.82, 2.24) is 5.32 Å². The Bertz CT molecular complexity index is 425.